The van der Waals surface area contributed by atoms with Crippen LogP contribution in [0.1, 0.15) is 30.9 Å². The summed E-state index contributed by atoms with van der Waals surface area (Å²) in [6.07, 6.45) is 6.90. The molecule has 9 nitrogen and oxygen atoms in total. The summed E-state index contributed by atoms with van der Waals surface area (Å²) >= 11 is 0. The van der Waals surface area contributed by atoms with Gasteiger partial charge in [0.15, 0.2) is 5.60 Å². The second kappa shape index (κ2) is 9.50. The first kappa shape index (κ1) is 20.3. The van der Waals surface area contributed by atoms with Crippen molar-refractivity contribution in [3.05, 3.63) is 42.2 Å². The van der Waals surface area contributed by atoms with Crippen LogP contribution >= 0.6 is 0 Å². The number of carboxylic acids is 3. The van der Waals surface area contributed by atoms with E-state index in [4.69, 9.17) is 20.4 Å². The summed E-state index contributed by atoms with van der Waals surface area (Å²) in [6, 6.07) is 4.56. The van der Waals surface area contributed by atoms with Crippen molar-refractivity contribution in [2.45, 2.75) is 30.9 Å². The Bertz CT molecular complexity index is 615. The Morgan fingerprint density at radius 3 is 2.20 bits per heavy atom. The number of pyridine rings is 1. The molecule has 1 atom stereocenters. The Hall–Kier alpha value is -2.78. The van der Waals surface area contributed by atoms with E-state index in [-0.39, 0.29) is 0 Å². The standard InChI is InChI=1S/C10H12N2.C6H8O7/c1-2-7-12-10(5-1)9-4-3-6-11-8-9;7-3(8)1-6(13,5(11)12)2-4(9)10/h1-4,6,8,10,12H,5,7H2;13H,1-2H2,(H,7,8)(H,9,10)(H,11,12). The van der Waals surface area contributed by atoms with Gasteiger partial charge in [0, 0.05) is 25.0 Å². The van der Waals surface area contributed by atoms with Crippen LogP contribution in [0.3, 0.4) is 0 Å². The normalized spacial score (nSPS) is 16.4. The van der Waals surface area contributed by atoms with Gasteiger partial charge in [-0.15, -0.1) is 0 Å². The molecule has 136 valence electrons. The van der Waals surface area contributed by atoms with Crippen LogP contribution in [0.5, 0.6) is 0 Å². The number of hydrogen-bond acceptors (Lipinski definition) is 6. The Kier molecular flexibility index (Phi) is 7.70. The van der Waals surface area contributed by atoms with Crippen LogP contribution in [-0.4, -0.2) is 55.5 Å². The lowest BCUT2D eigenvalue weighted by molar-refractivity contribution is -0.170. The van der Waals surface area contributed by atoms with E-state index in [1.807, 2.05) is 18.5 Å². The Morgan fingerprint density at radius 2 is 1.80 bits per heavy atom. The van der Waals surface area contributed by atoms with Crippen LogP contribution in [0.25, 0.3) is 0 Å². The zero-order valence-electron chi connectivity index (χ0n) is 13.3. The molecule has 0 radical (unpaired) electrons. The van der Waals surface area contributed by atoms with Gasteiger partial charge in [-0.3, -0.25) is 14.6 Å². The Morgan fingerprint density at radius 1 is 1.16 bits per heavy atom. The maximum Gasteiger partial charge on any atom is 0.336 e. The maximum atomic E-state index is 10.3. The van der Waals surface area contributed by atoms with Gasteiger partial charge in [0.2, 0.25) is 0 Å². The van der Waals surface area contributed by atoms with Crippen molar-refractivity contribution in [1.29, 1.82) is 0 Å². The van der Waals surface area contributed by atoms with E-state index in [0.717, 1.165) is 13.0 Å². The molecule has 1 unspecified atom stereocenters. The minimum Gasteiger partial charge on any atom is -0.481 e. The number of nitrogens with one attached hydrogen (secondary N) is 1. The molecule has 0 saturated carbocycles. The van der Waals surface area contributed by atoms with Crippen LogP contribution < -0.4 is 5.32 Å². The van der Waals surface area contributed by atoms with Gasteiger partial charge in [0.05, 0.1) is 12.8 Å². The molecule has 0 aromatic carbocycles. The highest BCUT2D eigenvalue weighted by atomic mass is 16.4. The monoisotopic (exact) mass is 352 g/mol. The van der Waals surface area contributed by atoms with Gasteiger partial charge in [-0.1, -0.05) is 18.2 Å². The smallest absolute Gasteiger partial charge is 0.336 e. The number of aliphatic hydroxyl groups is 1. The number of aliphatic carboxylic acids is 3. The summed E-state index contributed by atoms with van der Waals surface area (Å²) in [5, 5.41) is 37.2. The molecule has 9 heteroatoms. The van der Waals surface area contributed by atoms with Gasteiger partial charge in [0.25, 0.3) is 0 Å². The van der Waals surface area contributed by atoms with Gasteiger partial charge in [0.1, 0.15) is 0 Å². The molecule has 1 aromatic rings. The summed E-state index contributed by atoms with van der Waals surface area (Å²) in [6.45, 7) is 0.972. The lowest BCUT2D eigenvalue weighted by Crippen LogP contribution is -2.42. The summed E-state index contributed by atoms with van der Waals surface area (Å²) in [5.74, 6) is -5.02. The highest BCUT2D eigenvalue weighted by molar-refractivity contribution is 5.88. The molecule has 0 aliphatic carbocycles. The average Bonchev–Trinajstić information content (AvgIpc) is 2.55. The van der Waals surface area contributed by atoms with Crippen molar-refractivity contribution >= 4 is 17.9 Å². The molecule has 0 fully saturated rings. The minimum absolute atomic E-state index is 0.462. The average molecular weight is 352 g/mol. The second-order valence-corrected chi connectivity index (χ2v) is 5.43. The topological polar surface area (TPSA) is 157 Å². The largest absolute Gasteiger partial charge is 0.481 e. The molecule has 1 aliphatic rings. The summed E-state index contributed by atoms with van der Waals surface area (Å²) in [7, 11) is 0. The Labute approximate surface area is 143 Å². The van der Waals surface area contributed by atoms with E-state index in [1.165, 1.54) is 5.56 Å². The molecule has 0 bridgehead atoms. The van der Waals surface area contributed by atoms with Crippen LogP contribution in [-0.2, 0) is 14.4 Å². The molecule has 0 saturated heterocycles. The fraction of sp³-hybridized carbons (Fsp3) is 0.375. The minimum atomic E-state index is -2.74. The molecule has 2 rings (SSSR count). The van der Waals surface area contributed by atoms with E-state index < -0.39 is 36.4 Å². The van der Waals surface area contributed by atoms with Crippen LogP contribution in [0, 0.1) is 0 Å². The number of nitrogens with zero attached hydrogens (tertiary/aromatic N) is 1. The van der Waals surface area contributed by atoms with Gasteiger partial charge in [-0.25, -0.2) is 4.79 Å². The van der Waals surface area contributed by atoms with Gasteiger partial charge >= 0.3 is 17.9 Å². The summed E-state index contributed by atoms with van der Waals surface area (Å²) < 4.78 is 0. The first-order chi connectivity index (χ1) is 11.7. The molecule has 5 N–H and O–H groups in total. The molecule has 1 aliphatic heterocycles. The molecule has 25 heavy (non-hydrogen) atoms. The van der Waals surface area contributed by atoms with E-state index in [2.05, 4.69) is 28.5 Å². The lowest BCUT2D eigenvalue weighted by atomic mass is 9.96. The molecule has 0 spiro atoms. The Balaban J connectivity index is 0.000000250. The van der Waals surface area contributed by atoms with Crippen molar-refractivity contribution in [2.24, 2.45) is 0 Å². The second-order valence-electron chi connectivity index (χ2n) is 5.43. The predicted octanol–water partition coefficient (Wildman–Crippen LogP) is 0.424. The summed E-state index contributed by atoms with van der Waals surface area (Å²) in [5.41, 5.74) is -1.46. The van der Waals surface area contributed by atoms with Crippen molar-refractivity contribution in [1.82, 2.24) is 10.3 Å². The molecule has 2 heterocycles. The zero-order chi connectivity index (χ0) is 18.9. The fourth-order valence-electron chi connectivity index (χ4n) is 2.16. The maximum absolute atomic E-state index is 10.3. The van der Waals surface area contributed by atoms with E-state index in [9.17, 15) is 14.4 Å². The van der Waals surface area contributed by atoms with Crippen LogP contribution in [0.2, 0.25) is 0 Å². The highest BCUT2D eigenvalue weighted by Gasteiger charge is 2.40. The van der Waals surface area contributed by atoms with Gasteiger partial charge < -0.3 is 25.7 Å². The number of hydrogen-bond donors (Lipinski definition) is 5. The quantitative estimate of drug-likeness (QED) is 0.458. The van der Waals surface area contributed by atoms with E-state index >= 15 is 0 Å². The van der Waals surface area contributed by atoms with Crippen molar-refractivity contribution < 1.29 is 34.8 Å². The third-order valence-electron chi connectivity index (χ3n) is 3.39. The van der Waals surface area contributed by atoms with Crippen molar-refractivity contribution in [3.8, 4) is 0 Å². The van der Waals surface area contributed by atoms with Crippen LogP contribution in [0.15, 0.2) is 36.7 Å². The zero-order valence-corrected chi connectivity index (χ0v) is 13.3. The summed E-state index contributed by atoms with van der Waals surface area (Å²) in [4.78, 5) is 34.6. The van der Waals surface area contributed by atoms with Gasteiger partial charge in [-0.05, 0) is 18.1 Å². The van der Waals surface area contributed by atoms with Gasteiger partial charge in [-0.2, -0.15) is 0 Å². The predicted molar refractivity (Wildman–Crippen MR) is 85.8 cm³/mol. The van der Waals surface area contributed by atoms with Crippen molar-refractivity contribution in [3.63, 3.8) is 0 Å². The van der Waals surface area contributed by atoms with Crippen LogP contribution in [0.4, 0.5) is 0 Å². The fourth-order valence-corrected chi connectivity index (χ4v) is 2.16. The molecular formula is C16H20N2O7. The first-order valence-corrected chi connectivity index (χ1v) is 7.42. The lowest BCUT2D eigenvalue weighted by Gasteiger charge is -2.19. The molecule has 0 amide bonds. The molecular weight excluding hydrogens is 332 g/mol. The third kappa shape index (κ3) is 7.10. The van der Waals surface area contributed by atoms with E-state index in [0.29, 0.717) is 6.04 Å². The number of carbonyl (C=O) groups is 3. The van der Waals surface area contributed by atoms with Crippen molar-refractivity contribution in [2.75, 3.05) is 6.54 Å². The highest BCUT2D eigenvalue weighted by Crippen LogP contribution is 2.18. The third-order valence-corrected chi connectivity index (χ3v) is 3.39. The number of rotatable bonds is 6. The molecule has 1 aromatic heterocycles. The first-order valence-electron chi connectivity index (χ1n) is 7.42. The SMILES string of the molecule is C1=CCC(c2cccnc2)NC1.O=C(O)CC(O)(CC(=O)O)C(=O)O. The van der Waals surface area contributed by atoms with E-state index in [1.54, 1.807) is 0 Å². The number of carboxylic acid groups (broad SMARTS) is 3. The number of aromatic nitrogens is 1.